The van der Waals surface area contributed by atoms with Gasteiger partial charge in [-0.25, -0.2) is 9.37 Å². The molecular weight excluding hydrogens is 387 g/mol. The molecule has 0 radical (unpaired) electrons. The second kappa shape index (κ2) is 9.80. The van der Waals surface area contributed by atoms with Crippen molar-refractivity contribution in [3.05, 3.63) is 64.7 Å². The summed E-state index contributed by atoms with van der Waals surface area (Å²) in [4.78, 5) is 39.8. The van der Waals surface area contributed by atoms with Crippen LogP contribution in [-0.4, -0.2) is 34.8 Å². The van der Waals surface area contributed by atoms with Gasteiger partial charge in [0, 0.05) is 26.0 Å². The molecule has 0 aliphatic heterocycles. The van der Waals surface area contributed by atoms with Gasteiger partial charge in [0.1, 0.15) is 23.1 Å². The Labute approximate surface area is 166 Å². The summed E-state index contributed by atoms with van der Waals surface area (Å²) in [6.07, 6.45) is 1.64. The van der Waals surface area contributed by atoms with Crippen molar-refractivity contribution < 1.29 is 18.8 Å². The van der Waals surface area contributed by atoms with Gasteiger partial charge < -0.3 is 16.4 Å². The Kier molecular flexibility index (Phi) is 7.45. The van der Waals surface area contributed by atoms with E-state index in [-0.39, 0.29) is 12.8 Å². The molecule has 1 aromatic heterocycles. The van der Waals surface area contributed by atoms with Crippen LogP contribution in [-0.2, 0) is 27.2 Å². The number of nitrogens with zero attached hydrogens (tertiary/aromatic N) is 1. The second-order valence-corrected chi connectivity index (χ2v) is 6.63. The molecule has 4 N–H and O–H groups in total. The first-order chi connectivity index (χ1) is 13.2. The SMILES string of the molecule is CC(=O)N[C@@H](Cc1cccc(F)c1)C(=O)N[C@H](Cc1ccc(Cl)nc1)C(N)=O. The number of aromatic nitrogens is 1. The average Bonchev–Trinajstić information content (AvgIpc) is 2.62. The van der Waals surface area contributed by atoms with Crippen molar-refractivity contribution in [3.8, 4) is 0 Å². The lowest BCUT2D eigenvalue weighted by Gasteiger charge is -2.21. The van der Waals surface area contributed by atoms with Crippen molar-refractivity contribution in [1.29, 1.82) is 0 Å². The molecule has 28 heavy (non-hydrogen) atoms. The zero-order chi connectivity index (χ0) is 20.7. The van der Waals surface area contributed by atoms with E-state index >= 15 is 0 Å². The first-order valence-corrected chi connectivity index (χ1v) is 8.84. The minimum Gasteiger partial charge on any atom is -0.368 e. The summed E-state index contributed by atoms with van der Waals surface area (Å²) in [6.45, 7) is 1.26. The van der Waals surface area contributed by atoms with E-state index < -0.39 is 35.6 Å². The average molecular weight is 407 g/mol. The molecule has 0 aliphatic carbocycles. The van der Waals surface area contributed by atoms with Gasteiger partial charge >= 0.3 is 0 Å². The highest BCUT2D eigenvalue weighted by molar-refractivity contribution is 6.29. The van der Waals surface area contributed by atoms with Gasteiger partial charge in [0.2, 0.25) is 17.7 Å². The van der Waals surface area contributed by atoms with Crippen LogP contribution < -0.4 is 16.4 Å². The number of nitrogens with one attached hydrogen (secondary N) is 2. The number of carbonyl (C=O) groups excluding carboxylic acids is 3. The third-order valence-corrected chi connectivity index (χ3v) is 4.13. The Bertz CT molecular complexity index is 861. The molecule has 0 saturated carbocycles. The van der Waals surface area contributed by atoms with Crippen LogP contribution in [0.25, 0.3) is 0 Å². The van der Waals surface area contributed by atoms with Gasteiger partial charge in [0.25, 0.3) is 0 Å². The fraction of sp³-hybridized carbons (Fsp3) is 0.263. The third-order valence-electron chi connectivity index (χ3n) is 3.91. The molecule has 0 unspecified atom stereocenters. The molecule has 7 nitrogen and oxygen atoms in total. The van der Waals surface area contributed by atoms with E-state index in [9.17, 15) is 18.8 Å². The molecule has 0 bridgehead atoms. The Morgan fingerprint density at radius 1 is 1.11 bits per heavy atom. The maximum atomic E-state index is 13.4. The van der Waals surface area contributed by atoms with Crippen LogP contribution in [0.15, 0.2) is 42.6 Å². The molecule has 0 saturated heterocycles. The standard InChI is InChI=1S/C19H20ClFN4O3/c1-11(26)24-16(8-12-3-2-4-14(21)7-12)19(28)25-15(18(22)27)9-13-5-6-17(20)23-10-13/h2-7,10,15-16H,8-9H2,1H3,(H2,22,27)(H,24,26)(H,25,28)/t15-,16+/m1/s1. The number of hydrogen-bond acceptors (Lipinski definition) is 4. The summed E-state index contributed by atoms with van der Waals surface area (Å²) in [5.41, 5.74) is 6.57. The number of benzene rings is 1. The lowest BCUT2D eigenvalue weighted by Crippen LogP contribution is -2.54. The Hall–Kier alpha value is -3.00. The quantitative estimate of drug-likeness (QED) is 0.570. The molecular formula is C19H20ClFN4O3. The topological polar surface area (TPSA) is 114 Å². The van der Waals surface area contributed by atoms with Gasteiger partial charge in [0.05, 0.1) is 0 Å². The van der Waals surface area contributed by atoms with E-state index in [1.54, 1.807) is 18.2 Å². The van der Waals surface area contributed by atoms with Crippen molar-refractivity contribution in [2.45, 2.75) is 31.8 Å². The summed E-state index contributed by atoms with van der Waals surface area (Å²) in [5.74, 6) is -2.24. The summed E-state index contributed by atoms with van der Waals surface area (Å²) < 4.78 is 13.4. The van der Waals surface area contributed by atoms with Crippen LogP contribution in [0, 0.1) is 5.82 Å². The van der Waals surface area contributed by atoms with E-state index in [0.29, 0.717) is 16.3 Å². The monoisotopic (exact) mass is 406 g/mol. The highest BCUT2D eigenvalue weighted by atomic mass is 35.5. The normalized spacial score (nSPS) is 12.7. The van der Waals surface area contributed by atoms with Crippen LogP contribution in [0.2, 0.25) is 5.15 Å². The lowest BCUT2D eigenvalue weighted by molar-refractivity contribution is -0.130. The van der Waals surface area contributed by atoms with Crippen LogP contribution in [0.3, 0.4) is 0 Å². The summed E-state index contributed by atoms with van der Waals surface area (Å²) in [5, 5.41) is 5.34. The Morgan fingerprint density at radius 2 is 1.82 bits per heavy atom. The fourth-order valence-electron chi connectivity index (χ4n) is 2.61. The highest BCUT2D eigenvalue weighted by Gasteiger charge is 2.25. The predicted octanol–water partition coefficient (Wildman–Crippen LogP) is 1.13. The van der Waals surface area contributed by atoms with Gasteiger partial charge in [-0.05, 0) is 29.3 Å². The molecule has 0 aliphatic rings. The minimum absolute atomic E-state index is 0.0527. The number of primary amides is 1. The van der Waals surface area contributed by atoms with Gasteiger partial charge in [-0.3, -0.25) is 14.4 Å². The molecule has 2 aromatic rings. The maximum absolute atomic E-state index is 13.4. The van der Waals surface area contributed by atoms with Crippen LogP contribution >= 0.6 is 11.6 Å². The van der Waals surface area contributed by atoms with Crippen LogP contribution in [0.5, 0.6) is 0 Å². The minimum atomic E-state index is -1.01. The van der Waals surface area contributed by atoms with Crippen molar-refractivity contribution in [2.24, 2.45) is 5.73 Å². The van der Waals surface area contributed by atoms with Gasteiger partial charge in [-0.15, -0.1) is 0 Å². The molecule has 1 aromatic carbocycles. The second-order valence-electron chi connectivity index (χ2n) is 6.24. The molecule has 2 rings (SSSR count). The predicted molar refractivity (Wildman–Crippen MR) is 102 cm³/mol. The van der Waals surface area contributed by atoms with Gasteiger partial charge in [0.15, 0.2) is 0 Å². The van der Waals surface area contributed by atoms with E-state index in [2.05, 4.69) is 15.6 Å². The fourth-order valence-corrected chi connectivity index (χ4v) is 2.72. The summed E-state index contributed by atoms with van der Waals surface area (Å²) in [7, 11) is 0. The lowest BCUT2D eigenvalue weighted by atomic mass is 10.0. The van der Waals surface area contributed by atoms with Gasteiger partial charge in [-0.1, -0.05) is 29.8 Å². The number of halogens is 2. The van der Waals surface area contributed by atoms with Crippen molar-refractivity contribution in [3.63, 3.8) is 0 Å². The number of amides is 3. The first-order valence-electron chi connectivity index (χ1n) is 8.46. The maximum Gasteiger partial charge on any atom is 0.243 e. The number of pyridine rings is 1. The Balaban J connectivity index is 2.12. The molecule has 9 heteroatoms. The zero-order valence-electron chi connectivity index (χ0n) is 15.1. The number of hydrogen-bond donors (Lipinski definition) is 3. The molecule has 3 amide bonds. The Morgan fingerprint density at radius 3 is 2.39 bits per heavy atom. The van der Waals surface area contributed by atoms with E-state index in [0.717, 1.165) is 0 Å². The van der Waals surface area contributed by atoms with E-state index in [1.165, 1.54) is 31.3 Å². The number of carbonyl (C=O) groups is 3. The van der Waals surface area contributed by atoms with Crippen molar-refractivity contribution >= 4 is 29.3 Å². The molecule has 0 spiro atoms. The molecule has 2 atom stereocenters. The van der Waals surface area contributed by atoms with Crippen molar-refractivity contribution in [2.75, 3.05) is 0 Å². The molecule has 0 fully saturated rings. The van der Waals surface area contributed by atoms with Crippen LogP contribution in [0.4, 0.5) is 4.39 Å². The van der Waals surface area contributed by atoms with Crippen molar-refractivity contribution in [1.82, 2.24) is 15.6 Å². The number of nitrogens with two attached hydrogens (primary N) is 1. The number of rotatable bonds is 8. The summed E-state index contributed by atoms with van der Waals surface area (Å²) in [6, 6.07) is 6.90. The molecule has 148 valence electrons. The smallest absolute Gasteiger partial charge is 0.243 e. The van der Waals surface area contributed by atoms with Gasteiger partial charge in [-0.2, -0.15) is 0 Å². The highest BCUT2D eigenvalue weighted by Crippen LogP contribution is 2.10. The largest absolute Gasteiger partial charge is 0.368 e. The van der Waals surface area contributed by atoms with Crippen LogP contribution in [0.1, 0.15) is 18.1 Å². The molecule has 1 heterocycles. The summed E-state index contributed by atoms with van der Waals surface area (Å²) >= 11 is 5.73. The third kappa shape index (κ3) is 6.62. The zero-order valence-corrected chi connectivity index (χ0v) is 15.9. The first kappa shape index (κ1) is 21.3. The van der Waals surface area contributed by atoms with E-state index in [1.807, 2.05) is 0 Å². The van der Waals surface area contributed by atoms with E-state index in [4.69, 9.17) is 17.3 Å².